The molecule has 2 unspecified atom stereocenters. The highest BCUT2D eigenvalue weighted by atomic mass is 16.1. The second kappa shape index (κ2) is 8.72. The van der Waals surface area contributed by atoms with Gasteiger partial charge in [-0.3, -0.25) is 4.79 Å². The Labute approximate surface area is 94.0 Å². The van der Waals surface area contributed by atoms with Gasteiger partial charge in [0.15, 0.2) is 0 Å². The summed E-state index contributed by atoms with van der Waals surface area (Å²) in [4.78, 5) is 11.6. The molecule has 2 atom stereocenters. The van der Waals surface area contributed by atoms with Crippen molar-refractivity contribution in [3.8, 4) is 0 Å². The molecule has 0 aliphatic rings. The van der Waals surface area contributed by atoms with Gasteiger partial charge in [-0.15, -0.1) is 0 Å². The van der Waals surface area contributed by atoms with Crippen molar-refractivity contribution in [1.82, 2.24) is 10.6 Å². The van der Waals surface area contributed by atoms with Crippen molar-refractivity contribution in [1.29, 1.82) is 0 Å². The SMILES string of the molecule is CCCCC(C)NC(=O)CC(C)NCC. The fraction of sp³-hybridized carbons (Fsp3) is 0.917. The maximum atomic E-state index is 11.6. The number of carbonyl (C=O) groups excluding carboxylic acids is 1. The molecule has 1 amide bonds. The standard InChI is InChI=1S/C12H26N2O/c1-5-7-8-10(3)14-12(15)9-11(4)13-6-2/h10-11,13H,5-9H2,1-4H3,(H,14,15). The molecule has 15 heavy (non-hydrogen) atoms. The van der Waals surface area contributed by atoms with Crippen LogP contribution in [0.3, 0.4) is 0 Å². The quantitative estimate of drug-likeness (QED) is 0.649. The van der Waals surface area contributed by atoms with E-state index in [1.807, 2.05) is 6.92 Å². The highest BCUT2D eigenvalue weighted by molar-refractivity contribution is 5.76. The van der Waals surface area contributed by atoms with Gasteiger partial charge < -0.3 is 10.6 Å². The minimum atomic E-state index is 0.159. The topological polar surface area (TPSA) is 41.1 Å². The Bertz CT molecular complexity index is 171. The van der Waals surface area contributed by atoms with Crippen LogP contribution in [0.1, 0.15) is 53.4 Å². The van der Waals surface area contributed by atoms with Gasteiger partial charge in [0, 0.05) is 18.5 Å². The third-order valence-electron chi connectivity index (χ3n) is 2.44. The summed E-state index contributed by atoms with van der Waals surface area (Å²) in [7, 11) is 0. The second-order valence-corrected chi connectivity index (χ2v) is 4.27. The van der Waals surface area contributed by atoms with E-state index in [9.17, 15) is 4.79 Å². The lowest BCUT2D eigenvalue weighted by Gasteiger charge is -2.16. The Morgan fingerprint density at radius 2 is 1.87 bits per heavy atom. The molecule has 0 aromatic rings. The van der Waals surface area contributed by atoms with Crippen molar-refractivity contribution in [2.45, 2.75) is 65.5 Å². The molecule has 0 aromatic carbocycles. The Morgan fingerprint density at radius 1 is 1.20 bits per heavy atom. The Balaban J connectivity index is 3.63. The van der Waals surface area contributed by atoms with Crippen LogP contribution in [0.25, 0.3) is 0 Å². The van der Waals surface area contributed by atoms with Crippen molar-refractivity contribution >= 4 is 5.91 Å². The van der Waals surface area contributed by atoms with Crippen LogP contribution in [-0.2, 0) is 4.79 Å². The van der Waals surface area contributed by atoms with Crippen LogP contribution < -0.4 is 10.6 Å². The van der Waals surface area contributed by atoms with E-state index in [0.29, 0.717) is 12.5 Å². The van der Waals surface area contributed by atoms with Crippen LogP contribution in [0, 0.1) is 0 Å². The summed E-state index contributed by atoms with van der Waals surface area (Å²) < 4.78 is 0. The molecule has 0 spiro atoms. The van der Waals surface area contributed by atoms with Gasteiger partial charge in [-0.25, -0.2) is 0 Å². The third kappa shape index (κ3) is 8.43. The zero-order valence-electron chi connectivity index (χ0n) is 10.6. The maximum absolute atomic E-state index is 11.6. The number of hydrogen-bond donors (Lipinski definition) is 2. The molecule has 0 aliphatic heterocycles. The number of unbranched alkanes of at least 4 members (excludes halogenated alkanes) is 1. The molecule has 90 valence electrons. The van der Waals surface area contributed by atoms with Gasteiger partial charge in [0.25, 0.3) is 0 Å². The molecule has 0 aliphatic carbocycles. The first kappa shape index (κ1) is 14.4. The van der Waals surface area contributed by atoms with E-state index in [2.05, 4.69) is 31.4 Å². The summed E-state index contributed by atoms with van der Waals surface area (Å²) in [6.07, 6.45) is 4.03. The molecule has 3 nitrogen and oxygen atoms in total. The van der Waals surface area contributed by atoms with Crippen LogP contribution in [0.15, 0.2) is 0 Å². The third-order valence-corrected chi connectivity index (χ3v) is 2.44. The van der Waals surface area contributed by atoms with E-state index >= 15 is 0 Å². The molecule has 0 radical (unpaired) electrons. The molecule has 0 rings (SSSR count). The largest absolute Gasteiger partial charge is 0.354 e. The number of carbonyl (C=O) groups is 1. The van der Waals surface area contributed by atoms with Crippen molar-refractivity contribution in [2.24, 2.45) is 0 Å². The molecule has 0 fully saturated rings. The predicted molar refractivity (Wildman–Crippen MR) is 64.9 cm³/mol. The monoisotopic (exact) mass is 214 g/mol. The molecule has 0 saturated carbocycles. The minimum Gasteiger partial charge on any atom is -0.354 e. The lowest BCUT2D eigenvalue weighted by molar-refractivity contribution is -0.122. The molecular formula is C12H26N2O. The highest BCUT2D eigenvalue weighted by Crippen LogP contribution is 2.00. The normalized spacial score (nSPS) is 14.7. The molecule has 0 saturated heterocycles. The number of amides is 1. The second-order valence-electron chi connectivity index (χ2n) is 4.27. The summed E-state index contributed by atoms with van der Waals surface area (Å²) >= 11 is 0. The average Bonchev–Trinajstić information content (AvgIpc) is 2.14. The van der Waals surface area contributed by atoms with E-state index in [4.69, 9.17) is 0 Å². The van der Waals surface area contributed by atoms with Crippen molar-refractivity contribution in [2.75, 3.05) is 6.54 Å². The molecule has 2 N–H and O–H groups in total. The summed E-state index contributed by atoms with van der Waals surface area (Å²) in [6.45, 7) is 9.26. The predicted octanol–water partition coefficient (Wildman–Crippen LogP) is 2.07. The van der Waals surface area contributed by atoms with Gasteiger partial charge in [-0.05, 0) is 26.8 Å². The van der Waals surface area contributed by atoms with Gasteiger partial charge in [-0.2, -0.15) is 0 Å². The number of nitrogens with one attached hydrogen (secondary N) is 2. The van der Waals surface area contributed by atoms with E-state index in [-0.39, 0.29) is 11.9 Å². The lowest BCUT2D eigenvalue weighted by atomic mass is 10.1. The van der Waals surface area contributed by atoms with Gasteiger partial charge in [0.2, 0.25) is 5.91 Å². The summed E-state index contributed by atoms with van der Waals surface area (Å²) in [5.74, 6) is 0.159. The molecule has 0 bridgehead atoms. The molecule has 0 heterocycles. The van der Waals surface area contributed by atoms with E-state index in [1.165, 1.54) is 12.8 Å². The van der Waals surface area contributed by atoms with Gasteiger partial charge in [-0.1, -0.05) is 26.7 Å². The Kier molecular flexibility index (Phi) is 8.38. The van der Waals surface area contributed by atoms with Crippen LogP contribution in [-0.4, -0.2) is 24.5 Å². The number of rotatable bonds is 8. The molecular weight excluding hydrogens is 188 g/mol. The first-order chi connectivity index (χ1) is 7.10. The van der Waals surface area contributed by atoms with Crippen LogP contribution in [0.4, 0.5) is 0 Å². The fourth-order valence-electron chi connectivity index (χ4n) is 1.61. The minimum absolute atomic E-state index is 0.159. The Hall–Kier alpha value is -0.570. The first-order valence-corrected chi connectivity index (χ1v) is 6.12. The van der Waals surface area contributed by atoms with E-state index in [0.717, 1.165) is 13.0 Å². The van der Waals surface area contributed by atoms with Gasteiger partial charge >= 0.3 is 0 Å². The molecule has 3 heteroatoms. The van der Waals surface area contributed by atoms with Crippen molar-refractivity contribution in [3.05, 3.63) is 0 Å². The first-order valence-electron chi connectivity index (χ1n) is 6.12. The summed E-state index contributed by atoms with van der Waals surface area (Å²) in [6, 6.07) is 0.583. The summed E-state index contributed by atoms with van der Waals surface area (Å²) in [5, 5.41) is 6.26. The maximum Gasteiger partial charge on any atom is 0.221 e. The molecule has 0 aromatic heterocycles. The summed E-state index contributed by atoms with van der Waals surface area (Å²) in [5.41, 5.74) is 0. The van der Waals surface area contributed by atoms with Crippen LogP contribution in [0.5, 0.6) is 0 Å². The highest BCUT2D eigenvalue weighted by Gasteiger charge is 2.10. The van der Waals surface area contributed by atoms with Crippen LogP contribution >= 0.6 is 0 Å². The zero-order valence-corrected chi connectivity index (χ0v) is 10.6. The van der Waals surface area contributed by atoms with E-state index < -0.39 is 0 Å². The zero-order chi connectivity index (χ0) is 11.7. The van der Waals surface area contributed by atoms with Gasteiger partial charge in [0.1, 0.15) is 0 Å². The van der Waals surface area contributed by atoms with Crippen LogP contribution in [0.2, 0.25) is 0 Å². The smallest absolute Gasteiger partial charge is 0.221 e. The Morgan fingerprint density at radius 3 is 2.40 bits per heavy atom. The van der Waals surface area contributed by atoms with E-state index in [1.54, 1.807) is 0 Å². The number of hydrogen-bond acceptors (Lipinski definition) is 2. The van der Waals surface area contributed by atoms with Gasteiger partial charge in [0.05, 0.1) is 0 Å². The lowest BCUT2D eigenvalue weighted by Crippen LogP contribution is -2.37. The van der Waals surface area contributed by atoms with Crippen molar-refractivity contribution < 1.29 is 4.79 Å². The fourth-order valence-corrected chi connectivity index (χ4v) is 1.61. The average molecular weight is 214 g/mol. The van der Waals surface area contributed by atoms with Crippen molar-refractivity contribution in [3.63, 3.8) is 0 Å².